The molecule has 0 saturated carbocycles. The summed E-state index contributed by atoms with van der Waals surface area (Å²) in [6.07, 6.45) is 1.44. The Hall–Kier alpha value is -2.54. The Bertz CT molecular complexity index is 634. The molecule has 104 valence electrons. The summed E-state index contributed by atoms with van der Waals surface area (Å²) in [6, 6.07) is 6.95. The number of rotatable bonds is 5. The third-order valence-corrected chi connectivity index (χ3v) is 2.72. The number of aromatic nitrogens is 1. The molecule has 0 aliphatic carbocycles. The van der Waals surface area contributed by atoms with Crippen LogP contribution in [0.5, 0.6) is 0 Å². The highest BCUT2D eigenvalue weighted by molar-refractivity contribution is 5.62. The number of nitrogens with one attached hydrogen (secondary N) is 1. The number of nitro groups is 1. The molecule has 1 aromatic heterocycles. The Morgan fingerprint density at radius 1 is 1.40 bits per heavy atom. The zero-order valence-electron chi connectivity index (χ0n) is 10.4. The predicted octanol–water partition coefficient (Wildman–Crippen LogP) is 2.23. The fourth-order valence-electron chi connectivity index (χ4n) is 1.71. The number of hydrogen-bond acceptors (Lipinski definition) is 5. The zero-order valence-corrected chi connectivity index (χ0v) is 10.4. The lowest BCUT2D eigenvalue weighted by Gasteiger charge is -2.08. The van der Waals surface area contributed by atoms with Gasteiger partial charge in [0.15, 0.2) is 0 Å². The van der Waals surface area contributed by atoms with Crippen LogP contribution in [0.15, 0.2) is 36.5 Å². The number of nitrogens with zero attached hydrogens (tertiary/aromatic N) is 2. The SMILES string of the molecule is O=[N+]([O-])c1ccc(CO)cc1NCc1ncccc1F. The summed E-state index contributed by atoms with van der Waals surface area (Å²) in [7, 11) is 0. The van der Waals surface area contributed by atoms with Gasteiger partial charge < -0.3 is 10.4 Å². The number of pyridine rings is 1. The van der Waals surface area contributed by atoms with E-state index in [0.29, 0.717) is 5.56 Å². The van der Waals surface area contributed by atoms with Crippen molar-refractivity contribution in [2.24, 2.45) is 0 Å². The lowest BCUT2D eigenvalue weighted by molar-refractivity contribution is -0.384. The fraction of sp³-hybridized carbons (Fsp3) is 0.154. The van der Waals surface area contributed by atoms with Crippen molar-refractivity contribution in [3.63, 3.8) is 0 Å². The first-order valence-electron chi connectivity index (χ1n) is 5.83. The van der Waals surface area contributed by atoms with E-state index in [1.165, 1.54) is 36.5 Å². The first-order chi connectivity index (χ1) is 9.61. The van der Waals surface area contributed by atoms with Crippen LogP contribution in [0.4, 0.5) is 15.8 Å². The van der Waals surface area contributed by atoms with E-state index >= 15 is 0 Å². The van der Waals surface area contributed by atoms with Crippen LogP contribution >= 0.6 is 0 Å². The van der Waals surface area contributed by atoms with Crippen LogP contribution in [0.3, 0.4) is 0 Å². The van der Waals surface area contributed by atoms with Crippen molar-refractivity contribution in [2.45, 2.75) is 13.2 Å². The van der Waals surface area contributed by atoms with Crippen molar-refractivity contribution in [2.75, 3.05) is 5.32 Å². The van der Waals surface area contributed by atoms with Gasteiger partial charge in [0, 0.05) is 12.3 Å². The highest BCUT2D eigenvalue weighted by atomic mass is 19.1. The van der Waals surface area contributed by atoms with Gasteiger partial charge in [-0.3, -0.25) is 15.1 Å². The molecule has 0 bridgehead atoms. The first kappa shape index (κ1) is 13.9. The van der Waals surface area contributed by atoms with E-state index in [9.17, 15) is 14.5 Å². The summed E-state index contributed by atoms with van der Waals surface area (Å²) in [4.78, 5) is 14.2. The van der Waals surface area contributed by atoms with Crippen molar-refractivity contribution < 1.29 is 14.4 Å². The molecule has 2 aromatic rings. The summed E-state index contributed by atoms with van der Waals surface area (Å²) in [5, 5.41) is 22.7. The molecule has 0 aliphatic heterocycles. The Balaban J connectivity index is 2.24. The molecule has 0 spiro atoms. The molecular weight excluding hydrogens is 265 g/mol. The normalized spacial score (nSPS) is 10.3. The lowest BCUT2D eigenvalue weighted by atomic mass is 10.1. The Kier molecular flexibility index (Phi) is 4.21. The maximum Gasteiger partial charge on any atom is 0.292 e. The van der Waals surface area contributed by atoms with Gasteiger partial charge in [0.1, 0.15) is 11.5 Å². The van der Waals surface area contributed by atoms with Crippen LogP contribution in [0.1, 0.15) is 11.3 Å². The highest BCUT2D eigenvalue weighted by Gasteiger charge is 2.14. The van der Waals surface area contributed by atoms with E-state index < -0.39 is 10.7 Å². The first-order valence-corrected chi connectivity index (χ1v) is 5.83. The van der Waals surface area contributed by atoms with Crippen molar-refractivity contribution in [1.29, 1.82) is 0 Å². The minimum absolute atomic E-state index is 0.0163. The monoisotopic (exact) mass is 277 g/mol. The van der Waals surface area contributed by atoms with Gasteiger partial charge in [0.05, 0.1) is 23.8 Å². The van der Waals surface area contributed by atoms with Gasteiger partial charge in [-0.05, 0) is 29.8 Å². The van der Waals surface area contributed by atoms with Crippen molar-refractivity contribution in [3.8, 4) is 0 Å². The molecule has 1 aromatic carbocycles. The quantitative estimate of drug-likeness (QED) is 0.646. The molecule has 6 nitrogen and oxygen atoms in total. The topological polar surface area (TPSA) is 88.3 Å². The van der Waals surface area contributed by atoms with Gasteiger partial charge in [-0.25, -0.2) is 4.39 Å². The molecule has 0 unspecified atom stereocenters. The van der Waals surface area contributed by atoms with E-state index in [2.05, 4.69) is 10.3 Å². The van der Waals surface area contributed by atoms with Crippen LogP contribution < -0.4 is 5.32 Å². The third kappa shape index (κ3) is 3.07. The van der Waals surface area contributed by atoms with Crippen molar-refractivity contribution in [3.05, 3.63) is 63.7 Å². The van der Waals surface area contributed by atoms with Gasteiger partial charge >= 0.3 is 0 Å². The van der Waals surface area contributed by atoms with Crippen molar-refractivity contribution >= 4 is 11.4 Å². The lowest BCUT2D eigenvalue weighted by Crippen LogP contribution is -2.06. The summed E-state index contributed by atoms with van der Waals surface area (Å²) in [5.41, 5.74) is 0.765. The number of halogens is 1. The fourth-order valence-corrected chi connectivity index (χ4v) is 1.71. The molecule has 20 heavy (non-hydrogen) atoms. The maximum atomic E-state index is 13.4. The summed E-state index contributed by atoms with van der Waals surface area (Å²) in [5.74, 6) is -0.485. The smallest absolute Gasteiger partial charge is 0.292 e. The summed E-state index contributed by atoms with van der Waals surface area (Å²) in [6.45, 7) is -0.215. The number of nitro benzene ring substituents is 1. The van der Waals surface area contributed by atoms with Gasteiger partial charge in [-0.2, -0.15) is 0 Å². The largest absolute Gasteiger partial charge is 0.392 e. The average molecular weight is 277 g/mol. The molecule has 2 N–H and O–H groups in total. The molecule has 0 atom stereocenters. The number of benzene rings is 1. The Labute approximate surface area is 114 Å². The number of hydrogen-bond donors (Lipinski definition) is 2. The Morgan fingerprint density at radius 2 is 2.20 bits per heavy atom. The summed E-state index contributed by atoms with van der Waals surface area (Å²) < 4.78 is 13.4. The predicted molar refractivity (Wildman–Crippen MR) is 70.5 cm³/mol. The molecule has 0 fully saturated rings. The number of aliphatic hydroxyl groups excluding tert-OH is 1. The van der Waals surface area contributed by atoms with Crippen LogP contribution in [-0.4, -0.2) is 15.0 Å². The van der Waals surface area contributed by atoms with Crippen LogP contribution in [0.25, 0.3) is 0 Å². The summed E-state index contributed by atoms with van der Waals surface area (Å²) >= 11 is 0. The van der Waals surface area contributed by atoms with Gasteiger partial charge in [0.25, 0.3) is 5.69 Å². The molecule has 2 rings (SSSR count). The second-order valence-corrected chi connectivity index (χ2v) is 4.05. The standard InChI is InChI=1S/C13H12FN3O3/c14-10-2-1-5-15-12(10)7-16-11-6-9(8-18)3-4-13(11)17(19)20/h1-6,16,18H,7-8H2. The minimum Gasteiger partial charge on any atom is -0.392 e. The molecule has 0 saturated heterocycles. The molecule has 0 radical (unpaired) electrons. The van der Waals surface area contributed by atoms with Gasteiger partial charge in [-0.15, -0.1) is 0 Å². The number of anilines is 1. The minimum atomic E-state index is -0.543. The molecular formula is C13H12FN3O3. The average Bonchev–Trinajstić information content (AvgIpc) is 2.46. The maximum absolute atomic E-state index is 13.4. The zero-order chi connectivity index (χ0) is 14.5. The van der Waals surface area contributed by atoms with E-state index in [1.54, 1.807) is 0 Å². The molecule has 7 heteroatoms. The van der Waals surface area contributed by atoms with Crippen LogP contribution in [-0.2, 0) is 13.2 Å². The van der Waals surface area contributed by atoms with E-state index in [1.807, 2.05) is 0 Å². The third-order valence-electron chi connectivity index (χ3n) is 2.72. The van der Waals surface area contributed by atoms with Gasteiger partial charge in [0.2, 0.25) is 0 Å². The second kappa shape index (κ2) is 6.07. The molecule has 1 heterocycles. The van der Waals surface area contributed by atoms with E-state index in [4.69, 9.17) is 5.11 Å². The van der Waals surface area contributed by atoms with Gasteiger partial charge in [-0.1, -0.05) is 0 Å². The van der Waals surface area contributed by atoms with Crippen molar-refractivity contribution in [1.82, 2.24) is 4.98 Å². The second-order valence-electron chi connectivity index (χ2n) is 4.05. The van der Waals surface area contributed by atoms with Crippen LogP contribution in [0.2, 0.25) is 0 Å². The molecule has 0 aliphatic rings. The van der Waals surface area contributed by atoms with Crippen LogP contribution in [0, 0.1) is 15.9 Å². The van der Waals surface area contributed by atoms with E-state index in [0.717, 1.165) is 0 Å². The highest BCUT2D eigenvalue weighted by Crippen LogP contribution is 2.26. The van der Waals surface area contributed by atoms with E-state index in [-0.39, 0.29) is 30.2 Å². The Morgan fingerprint density at radius 3 is 2.85 bits per heavy atom. The molecule has 0 amide bonds. The number of aliphatic hydroxyl groups is 1.